The first kappa shape index (κ1) is 16.7. The average Bonchev–Trinajstić information content (AvgIpc) is 2.30. The highest BCUT2D eigenvalue weighted by Gasteiger charge is 2.01. The molecule has 0 radical (unpaired) electrons. The quantitative estimate of drug-likeness (QED) is 0.451. The molecule has 0 saturated heterocycles. The van der Waals surface area contributed by atoms with E-state index in [-0.39, 0.29) is 0 Å². The van der Waals surface area contributed by atoms with Crippen molar-refractivity contribution in [2.45, 2.75) is 39.5 Å². The van der Waals surface area contributed by atoms with Crippen molar-refractivity contribution >= 4 is 34.5 Å². The van der Waals surface area contributed by atoms with Gasteiger partial charge in [-0.25, -0.2) is 0 Å². The van der Waals surface area contributed by atoms with Gasteiger partial charge in [-0.15, -0.1) is 0 Å². The van der Waals surface area contributed by atoms with Gasteiger partial charge in [0.1, 0.15) is 13.2 Å². The summed E-state index contributed by atoms with van der Waals surface area (Å²) in [5.74, 6) is 0. The Labute approximate surface area is 115 Å². The molecule has 0 bridgehead atoms. The van der Waals surface area contributed by atoms with Gasteiger partial charge in [0.05, 0.1) is 13.2 Å². The van der Waals surface area contributed by atoms with Crippen LogP contribution in [-0.2, 0) is 14.2 Å². The van der Waals surface area contributed by atoms with Crippen molar-refractivity contribution in [3.63, 3.8) is 0 Å². The fourth-order valence-corrected chi connectivity index (χ4v) is 1.30. The summed E-state index contributed by atoms with van der Waals surface area (Å²) in [7, 11) is 0. The molecule has 0 aromatic heterocycles. The molecule has 0 N–H and O–H groups in total. The highest BCUT2D eigenvalue weighted by atomic mass is 32.1. The van der Waals surface area contributed by atoms with Crippen LogP contribution in [0.5, 0.6) is 0 Å². The Bertz CT molecular complexity index is 198. The highest BCUT2D eigenvalue weighted by molar-refractivity contribution is 7.80. The summed E-state index contributed by atoms with van der Waals surface area (Å²) < 4.78 is 15.9. The Hall–Kier alpha value is -0.260. The molecule has 3 nitrogen and oxygen atoms in total. The molecule has 0 spiro atoms. The van der Waals surface area contributed by atoms with Crippen molar-refractivity contribution < 1.29 is 14.2 Å². The van der Waals surface area contributed by atoms with Gasteiger partial charge >= 0.3 is 0 Å². The molecule has 5 heteroatoms. The van der Waals surface area contributed by atoms with E-state index in [1.807, 2.05) is 0 Å². The van der Waals surface area contributed by atoms with Crippen LogP contribution >= 0.6 is 24.4 Å². The predicted octanol–water partition coefficient (Wildman–Crippen LogP) is 3.29. The zero-order chi connectivity index (χ0) is 12.9. The minimum atomic E-state index is 0.302. The van der Waals surface area contributed by atoms with Gasteiger partial charge in [-0.1, -0.05) is 26.7 Å². The Kier molecular flexibility index (Phi) is 12.0. The molecular formula is C12H22O3S2. The van der Waals surface area contributed by atoms with E-state index in [4.69, 9.17) is 38.6 Å². The summed E-state index contributed by atoms with van der Waals surface area (Å²) in [4.78, 5) is 0. The lowest BCUT2D eigenvalue weighted by Crippen LogP contribution is -2.17. The van der Waals surface area contributed by atoms with Crippen LogP contribution in [0, 0.1) is 0 Å². The molecule has 0 fully saturated rings. The summed E-state index contributed by atoms with van der Waals surface area (Å²) in [5.41, 5.74) is 0. The molecule has 0 rings (SSSR count). The third kappa shape index (κ3) is 12.0. The first-order valence-electron chi connectivity index (χ1n) is 6.09. The van der Waals surface area contributed by atoms with Gasteiger partial charge in [0, 0.05) is 0 Å². The number of unbranched alkanes of at least 4 members (excludes halogenated alkanes) is 2. The third-order valence-electron chi connectivity index (χ3n) is 1.96. The van der Waals surface area contributed by atoms with Crippen LogP contribution in [0.2, 0.25) is 0 Å². The fourth-order valence-electron chi connectivity index (χ4n) is 0.962. The molecular weight excluding hydrogens is 256 g/mol. The van der Waals surface area contributed by atoms with E-state index in [0.717, 1.165) is 25.7 Å². The van der Waals surface area contributed by atoms with E-state index < -0.39 is 0 Å². The Morgan fingerprint density at radius 3 is 1.59 bits per heavy atom. The van der Waals surface area contributed by atoms with E-state index >= 15 is 0 Å². The lowest BCUT2D eigenvalue weighted by atomic mass is 10.4. The topological polar surface area (TPSA) is 27.7 Å². The van der Waals surface area contributed by atoms with Crippen LogP contribution in [0.15, 0.2) is 0 Å². The lowest BCUT2D eigenvalue weighted by molar-refractivity contribution is 0.167. The maximum absolute atomic E-state index is 5.29. The minimum absolute atomic E-state index is 0.302. The Morgan fingerprint density at radius 2 is 1.24 bits per heavy atom. The zero-order valence-corrected chi connectivity index (χ0v) is 12.3. The molecule has 0 aliphatic carbocycles. The van der Waals surface area contributed by atoms with E-state index in [2.05, 4.69) is 13.8 Å². The van der Waals surface area contributed by atoms with Crippen molar-refractivity contribution in [2.75, 3.05) is 26.4 Å². The number of rotatable bonds is 10. The lowest BCUT2D eigenvalue weighted by Gasteiger charge is -2.09. The molecule has 0 saturated carbocycles. The maximum atomic E-state index is 5.29. The molecule has 0 heterocycles. The van der Waals surface area contributed by atoms with Crippen LogP contribution in [0.3, 0.4) is 0 Å². The van der Waals surface area contributed by atoms with Gasteiger partial charge in [-0.2, -0.15) is 0 Å². The summed E-state index contributed by atoms with van der Waals surface area (Å²) in [6.45, 7) is 6.14. The summed E-state index contributed by atoms with van der Waals surface area (Å²) >= 11 is 9.99. The molecule has 0 atom stereocenters. The normalized spacial score (nSPS) is 10.0. The maximum Gasteiger partial charge on any atom is 0.185 e. The highest BCUT2D eigenvalue weighted by Crippen LogP contribution is 1.94. The molecule has 0 amide bonds. The largest absolute Gasteiger partial charge is 0.485 e. The van der Waals surface area contributed by atoms with Crippen LogP contribution in [-0.4, -0.2) is 36.5 Å². The summed E-state index contributed by atoms with van der Waals surface area (Å²) in [6.07, 6.45) is 4.22. The smallest absolute Gasteiger partial charge is 0.185 e. The van der Waals surface area contributed by atoms with E-state index in [0.29, 0.717) is 36.5 Å². The fraction of sp³-hybridized carbons (Fsp3) is 0.833. The second-order valence-electron chi connectivity index (χ2n) is 3.64. The van der Waals surface area contributed by atoms with Crippen LogP contribution in [0.4, 0.5) is 0 Å². The second kappa shape index (κ2) is 12.2. The first-order chi connectivity index (χ1) is 8.20. The van der Waals surface area contributed by atoms with Gasteiger partial charge < -0.3 is 14.2 Å². The number of hydrogen-bond donors (Lipinski definition) is 0. The molecule has 0 unspecified atom stereocenters. The van der Waals surface area contributed by atoms with Crippen LogP contribution < -0.4 is 0 Å². The van der Waals surface area contributed by atoms with Gasteiger partial charge in [0.15, 0.2) is 10.1 Å². The van der Waals surface area contributed by atoms with Crippen molar-refractivity contribution in [1.82, 2.24) is 0 Å². The Morgan fingerprint density at radius 1 is 0.824 bits per heavy atom. The monoisotopic (exact) mass is 278 g/mol. The molecule has 17 heavy (non-hydrogen) atoms. The molecule has 0 aliphatic rings. The van der Waals surface area contributed by atoms with Crippen molar-refractivity contribution in [2.24, 2.45) is 0 Å². The van der Waals surface area contributed by atoms with Gasteiger partial charge in [0.2, 0.25) is 0 Å². The van der Waals surface area contributed by atoms with Crippen molar-refractivity contribution in [3.8, 4) is 0 Å². The van der Waals surface area contributed by atoms with Crippen molar-refractivity contribution in [1.29, 1.82) is 0 Å². The van der Waals surface area contributed by atoms with Crippen LogP contribution in [0.1, 0.15) is 39.5 Å². The summed E-state index contributed by atoms with van der Waals surface area (Å²) in [5, 5.41) is 0.963. The first-order valence-corrected chi connectivity index (χ1v) is 6.91. The molecule has 0 aliphatic heterocycles. The minimum Gasteiger partial charge on any atom is -0.485 e. The van der Waals surface area contributed by atoms with E-state index in [1.165, 1.54) is 0 Å². The standard InChI is InChI=1S/C12H22O3S2/c1-3-5-7-14-11(16)9-13-10-12(17)15-8-6-4-2/h3-10H2,1-2H3. The van der Waals surface area contributed by atoms with E-state index in [9.17, 15) is 0 Å². The third-order valence-corrected chi connectivity index (χ3v) is 2.43. The van der Waals surface area contributed by atoms with Crippen LogP contribution in [0.25, 0.3) is 0 Å². The molecule has 0 aromatic rings. The van der Waals surface area contributed by atoms with Gasteiger partial charge in [-0.3, -0.25) is 0 Å². The SMILES string of the molecule is CCCCOC(=S)COCC(=S)OCCCC. The zero-order valence-electron chi connectivity index (χ0n) is 10.7. The Balaban J connectivity index is 3.36. The molecule has 0 aromatic carbocycles. The summed E-state index contributed by atoms with van der Waals surface area (Å²) in [6, 6.07) is 0. The predicted molar refractivity (Wildman–Crippen MR) is 77.7 cm³/mol. The molecule has 100 valence electrons. The van der Waals surface area contributed by atoms with Gasteiger partial charge in [0.25, 0.3) is 0 Å². The number of thiocarbonyl (C=S) groups is 2. The average molecular weight is 278 g/mol. The second-order valence-corrected chi connectivity index (χ2v) is 4.55. The number of ether oxygens (including phenoxy) is 3. The number of hydrogen-bond acceptors (Lipinski definition) is 5. The van der Waals surface area contributed by atoms with Gasteiger partial charge in [-0.05, 0) is 37.3 Å². The van der Waals surface area contributed by atoms with E-state index in [1.54, 1.807) is 0 Å². The van der Waals surface area contributed by atoms with Crippen molar-refractivity contribution in [3.05, 3.63) is 0 Å².